The van der Waals surface area contributed by atoms with E-state index >= 15 is 0 Å². The molecule has 3 heterocycles. The maximum Gasteiger partial charge on any atom is 0.228 e. The molecule has 0 amide bonds. The maximum atomic E-state index is 6.57. The molecule has 5 heteroatoms. The number of furan rings is 1. The van der Waals surface area contributed by atoms with E-state index in [1.165, 1.54) is 25.7 Å². The molecule has 0 fully saturated rings. The first-order valence-corrected chi connectivity index (χ1v) is 16.8. The van der Waals surface area contributed by atoms with E-state index in [9.17, 15) is 0 Å². The predicted octanol–water partition coefficient (Wildman–Crippen LogP) is 12.9. The van der Waals surface area contributed by atoms with E-state index < -0.39 is 0 Å². The van der Waals surface area contributed by atoms with Crippen LogP contribution in [0, 0.1) is 0 Å². The number of para-hydroxylation sites is 2. The summed E-state index contributed by atoms with van der Waals surface area (Å²) in [6.45, 7) is 0. The lowest BCUT2D eigenvalue weighted by molar-refractivity contribution is 0.620. The molecule has 0 unspecified atom stereocenters. The molecule has 4 nitrogen and oxygen atoms in total. The SMILES string of the molecule is c1ccc(-c2cccc(N(c3ccc4c(c3)oc3cccc(-c5nc6ccccc6o5)c34)c3ccc4sc5ccccc5c4c3)c2)cc1. The fourth-order valence-electron chi connectivity index (χ4n) is 6.87. The average molecular weight is 635 g/mol. The summed E-state index contributed by atoms with van der Waals surface area (Å²) in [5.41, 5.74) is 9.61. The smallest absolute Gasteiger partial charge is 0.228 e. The van der Waals surface area contributed by atoms with Crippen LogP contribution in [0.15, 0.2) is 167 Å². The molecule has 10 rings (SSSR count). The molecular weight excluding hydrogens is 609 g/mol. The second-order valence-corrected chi connectivity index (χ2v) is 13.1. The molecule has 0 N–H and O–H groups in total. The third-order valence-electron chi connectivity index (χ3n) is 9.09. The zero-order chi connectivity index (χ0) is 31.6. The largest absolute Gasteiger partial charge is 0.456 e. The van der Waals surface area contributed by atoms with Gasteiger partial charge in [-0.25, -0.2) is 4.98 Å². The Morgan fingerprint density at radius 3 is 2.12 bits per heavy atom. The van der Waals surface area contributed by atoms with Crippen molar-refractivity contribution in [2.45, 2.75) is 0 Å². The highest BCUT2D eigenvalue weighted by Gasteiger charge is 2.20. The quantitative estimate of drug-likeness (QED) is 0.189. The summed E-state index contributed by atoms with van der Waals surface area (Å²) in [6.07, 6.45) is 0. The molecule has 0 spiro atoms. The number of benzene rings is 7. The van der Waals surface area contributed by atoms with Gasteiger partial charge in [-0.3, -0.25) is 0 Å². The highest BCUT2D eigenvalue weighted by Crippen LogP contribution is 2.44. The number of thiophene rings is 1. The second kappa shape index (κ2) is 10.7. The summed E-state index contributed by atoms with van der Waals surface area (Å²) in [5.74, 6) is 0.587. The van der Waals surface area contributed by atoms with Crippen molar-refractivity contribution in [2.24, 2.45) is 0 Å². The lowest BCUT2D eigenvalue weighted by atomic mass is 10.0. The van der Waals surface area contributed by atoms with Gasteiger partial charge in [0.15, 0.2) is 5.58 Å². The molecule has 0 saturated heterocycles. The van der Waals surface area contributed by atoms with Crippen LogP contribution in [0.4, 0.5) is 17.1 Å². The molecule has 0 atom stereocenters. The van der Waals surface area contributed by atoms with Gasteiger partial charge in [-0.1, -0.05) is 78.9 Å². The fraction of sp³-hybridized carbons (Fsp3) is 0. The summed E-state index contributed by atoms with van der Waals surface area (Å²) in [4.78, 5) is 7.13. The summed E-state index contributed by atoms with van der Waals surface area (Å²) in [7, 11) is 0. The van der Waals surface area contributed by atoms with E-state index in [1.54, 1.807) is 0 Å². The first-order valence-electron chi connectivity index (χ1n) is 15.9. The molecule has 10 aromatic rings. The van der Waals surface area contributed by atoms with Crippen molar-refractivity contribution in [2.75, 3.05) is 4.90 Å². The molecule has 226 valence electrons. The van der Waals surface area contributed by atoms with Crippen molar-refractivity contribution in [1.82, 2.24) is 4.98 Å². The van der Waals surface area contributed by atoms with E-state index in [2.05, 4.69) is 126 Å². The number of nitrogens with zero attached hydrogens (tertiary/aromatic N) is 2. The summed E-state index contributed by atoms with van der Waals surface area (Å²) in [5, 5.41) is 4.54. The zero-order valence-electron chi connectivity index (χ0n) is 25.6. The summed E-state index contributed by atoms with van der Waals surface area (Å²) >= 11 is 1.83. The van der Waals surface area contributed by atoms with Crippen LogP contribution in [-0.2, 0) is 0 Å². The first-order chi connectivity index (χ1) is 23.8. The van der Waals surface area contributed by atoms with Crippen molar-refractivity contribution >= 4 is 81.6 Å². The van der Waals surface area contributed by atoms with Crippen molar-refractivity contribution in [1.29, 1.82) is 0 Å². The molecule has 7 aromatic carbocycles. The maximum absolute atomic E-state index is 6.57. The van der Waals surface area contributed by atoms with Crippen LogP contribution in [0.3, 0.4) is 0 Å². The van der Waals surface area contributed by atoms with Gasteiger partial charge in [-0.2, -0.15) is 0 Å². The van der Waals surface area contributed by atoms with Gasteiger partial charge in [0.1, 0.15) is 16.7 Å². The molecule has 0 saturated carbocycles. The predicted molar refractivity (Wildman–Crippen MR) is 200 cm³/mol. The number of hydrogen-bond acceptors (Lipinski definition) is 5. The third kappa shape index (κ3) is 4.33. The minimum atomic E-state index is 0.587. The molecule has 0 aliphatic carbocycles. The van der Waals surface area contributed by atoms with Crippen molar-refractivity contribution in [3.05, 3.63) is 158 Å². The van der Waals surface area contributed by atoms with Crippen LogP contribution in [0.1, 0.15) is 0 Å². The minimum absolute atomic E-state index is 0.587. The summed E-state index contributed by atoms with van der Waals surface area (Å²) < 4.78 is 15.3. The van der Waals surface area contributed by atoms with Crippen molar-refractivity contribution < 1.29 is 8.83 Å². The van der Waals surface area contributed by atoms with E-state index in [0.717, 1.165) is 61.2 Å². The number of aromatic nitrogens is 1. The molecule has 48 heavy (non-hydrogen) atoms. The van der Waals surface area contributed by atoms with Gasteiger partial charge in [-0.05, 0) is 83.9 Å². The Labute approximate surface area is 279 Å². The van der Waals surface area contributed by atoms with Crippen LogP contribution >= 0.6 is 11.3 Å². The molecule has 0 bridgehead atoms. The van der Waals surface area contributed by atoms with Crippen LogP contribution in [-0.4, -0.2) is 4.98 Å². The number of hydrogen-bond donors (Lipinski definition) is 0. The van der Waals surface area contributed by atoms with Crippen molar-refractivity contribution in [3.63, 3.8) is 0 Å². The molecule has 0 radical (unpaired) electrons. The molecule has 0 aliphatic heterocycles. The van der Waals surface area contributed by atoms with Gasteiger partial charge in [0.05, 0.1) is 0 Å². The fourth-order valence-corrected chi connectivity index (χ4v) is 7.96. The number of oxazole rings is 1. The number of anilines is 3. The monoisotopic (exact) mass is 634 g/mol. The number of rotatable bonds is 5. The van der Waals surface area contributed by atoms with Crippen LogP contribution in [0.25, 0.3) is 75.8 Å². The third-order valence-corrected chi connectivity index (χ3v) is 10.2. The normalized spacial score (nSPS) is 11.8. The Balaban J connectivity index is 1.17. The van der Waals surface area contributed by atoms with Gasteiger partial charge in [-0.15, -0.1) is 11.3 Å². The minimum Gasteiger partial charge on any atom is -0.456 e. The Kier molecular flexibility index (Phi) is 6.01. The standard InChI is InChI=1S/C43H26N2O2S/c1-2-10-27(11-3-1)28-12-8-13-29(24-28)45(30-21-23-41-35(25-30)32-14-4-7-19-40(32)48-41)31-20-22-33-39(26-31)46-38-18-9-15-34(42(33)38)43-44-36-16-5-6-17-37(36)47-43/h1-26H. The lowest BCUT2D eigenvalue weighted by Gasteiger charge is -2.26. The lowest BCUT2D eigenvalue weighted by Crippen LogP contribution is -2.09. The van der Waals surface area contributed by atoms with E-state index in [1.807, 2.05) is 47.7 Å². The highest BCUT2D eigenvalue weighted by molar-refractivity contribution is 7.25. The number of fused-ring (bicyclic) bond motifs is 7. The van der Waals surface area contributed by atoms with Gasteiger partial charge in [0, 0.05) is 59.6 Å². The van der Waals surface area contributed by atoms with Crippen molar-refractivity contribution in [3.8, 4) is 22.6 Å². The Bertz CT molecular complexity index is 2780. The van der Waals surface area contributed by atoms with Gasteiger partial charge in [0.2, 0.25) is 5.89 Å². The topological polar surface area (TPSA) is 42.4 Å². The zero-order valence-corrected chi connectivity index (χ0v) is 26.4. The Hall–Kier alpha value is -6.17. The van der Waals surface area contributed by atoms with E-state index in [0.29, 0.717) is 5.89 Å². The van der Waals surface area contributed by atoms with Gasteiger partial charge < -0.3 is 13.7 Å². The van der Waals surface area contributed by atoms with Crippen LogP contribution in [0.5, 0.6) is 0 Å². The molecule has 0 aliphatic rings. The highest BCUT2D eigenvalue weighted by atomic mass is 32.1. The van der Waals surface area contributed by atoms with Crippen LogP contribution < -0.4 is 4.90 Å². The average Bonchev–Trinajstić information content (AvgIpc) is 3.85. The Morgan fingerprint density at radius 2 is 1.19 bits per heavy atom. The molecular formula is C43H26N2O2S. The van der Waals surface area contributed by atoms with Gasteiger partial charge in [0.25, 0.3) is 0 Å². The van der Waals surface area contributed by atoms with Gasteiger partial charge >= 0.3 is 0 Å². The first kappa shape index (κ1) is 27.0. The van der Waals surface area contributed by atoms with E-state index in [-0.39, 0.29) is 0 Å². The summed E-state index contributed by atoms with van der Waals surface area (Å²) in [6, 6.07) is 55.1. The molecule has 3 aromatic heterocycles. The second-order valence-electron chi connectivity index (χ2n) is 12.0. The van der Waals surface area contributed by atoms with Crippen LogP contribution in [0.2, 0.25) is 0 Å². The Morgan fingerprint density at radius 1 is 0.458 bits per heavy atom. The van der Waals surface area contributed by atoms with E-state index in [4.69, 9.17) is 13.8 Å².